The predicted molar refractivity (Wildman–Crippen MR) is 59.2 cm³/mol. The Hall–Kier alpha value is -1.35. The summed E-state index contributed by atoms with van der Waals surface area (Å²) in [6.07, 6.45) is 0. The smallest absolute Gasteiger partial charge is 0.112 e. The molecule has 0 aliphatic carbocycles. The van der Waals surface area contributed by atoms with Gasteiger partial charge in [0.1, 0.15) is 12.4 Å². The maximum absolute atomic E-state index is 11.0. The van der Waals surface area contributed by atoms with Crippen molar-refractivity contribution in [3.63, 3.8) is 0 Å². The molecule has 0 atom stereocenters. The van der Waals surface area contributed by atoms with E-state index in [4.69, 9.17) is 0 Å². The van der Waals surface area contributed by atoms with Gasteiger partial charge >= 0.3 is 0 Å². The largest absolute Gasteiger partial charge is 0.342 e. The molecule has 2 aromatic rings. The molecule has 15 heavy (non-hydrogen) atoms. The molecule has 0 unspecified atom stereocenters. The average Bonchev–Trinajstić information content (AvgIpc) is 2.59. The zero-order chi connectivity index (χ0) is 11.1. The number of H-pyrrole nitrogens is 1. The standard InChI is InChI=1S/C12H15N2O/c1-12(2,3)11-13-9-6-4-5-8(7-15)10(9)14-11/h4-6H,7H2,1-3H3,(H,13,14). The summed E-state index contributed by atoms with van der Waals surface area (Å²) < 4.78 is 0. The first-order chi connectivity index (χ1) is 7.02. The SMILES string of the molecule is CC(C)(C)c1nc2c(C[O])cccc2[nH]1. The number of imidazole rings is 1. The van der Waals surface area contributed by atoms with Crippen LogP contribution < -0.4 is 0 Å². The average molecular weight is 203 g/mol. The molecule has 0 saturated carbocycles. The molecule has 0 fully saturated rings. The van der Waals surface area contributed by atoms with Gasteiger partial charge in [-0.2, -0.15) is 0 Å². The fourth-order valence-corrected chi connectivity index (χ4v) is 1.56. The van der Waals surface area contributed by atoms with Crippen molar-refractivity contribution in [2.75, 3.05) is 0 Å². The lowest BCUT2D eigenvalue weighted by atomic mass is 9.96. The van der Waals surface area contributed by atoms with Crippen LogP contribution in [0.5, 0.6) is 0 Å². The minimum Gasteiger partial charge on any atom is -0.342 e. The van der Waals surface area contributed by atoms with Crippen molar-refractivity contribution in [3.8, 4) is 0 Å². The highest BCUT2D eigenvalue weighted by molar-refractivity contribution is 5.78. The maximum Gasteiger partial charge on any atom is 0.112 e. The van der Waals surface area contributed by atoms with Crippen LogP contribution in [0.4, 0.5) is 0 Å². The van der Waals surface area contributed by atoms with E-state index < -0.39 is 0 Å². The third-order valence-corrected chi connectivity index (χ3v) is 2.46. The van der Waals surface area contributed by atoms with E-state index in [0.29, 0.717) is 0 Å². The number of fused-ring (bicyclic) bond motifs is 1. The number of rotatable bonds is 1. The first kappa shape index (κ1) is 10.2. The zero-order valence-corrected chi connectivity index (χ0v) is 9.29. The van der Waals surface area contributed by atoms with Crippen LogP contribution in [-0.4, -0.2) is 9.97 Å². The van der Waals surface area contributed by atoms with E-state index in [1.165, 1.54) is 0 Å². The van der Waals surface area contributed by atoms with Crippen molar-refractivity contribution in [1.29, 1.82) is 0 Å². The van der Waals surface area contributed by atoms with Gasteiger partial charge in [-0.05, 0) is 6.07 Å². The quantitative estimate of drug-likeness (QED) is 0.761. The Morgan fingerprint density at radius 1 is 1.33 bits per heavy atom. The topological polar surface area (TPSA) is 48.6 Å². The summed E-state index contributed by atoms with van der Waals surface area (Å²) in [5.41, 5.74) is 2.52. The number of nitrogens with one attached hydrogen (secondary N) is 1. The Balaban J connectivity index is 2.65. The lowest BCUT2D eigenvalue weighted by molar-refractivity contribution is 0.178. The molecule has 1 radical (unpaired) electrons. The van der Waals surface area contributed by atoms with Crippen molar-refractivity contribution in [2.45, 2.75) is 32.8 Å². The lowest BCUT2D eigenvalue weighted by Crippen LogP contribution is -2.13. The van der Waals surface area contributed by atoms with Gasteiger partial charge in [0.2, 0.25) is 0 Å². The third-order valence-electron chi connectivity index (χ3n) is 2.46. The van der Waals surface area contributed by atoms with Crippen molar-refractivity contribution in [3.05, 3.63) is 29.6 Å². The summed E-state index contributed by atoms with van der Waals surface area (Å²) in [7, 11) is 0. The van der Waals surface area contributed by atoms with E-state index in [9.17, 15) is 5.11 Å². The predicted octanol–water partition coefficient (Wildman–Crippen LogP) is 2.79. The van der Waals surface area contributed by atoms with Gasteiger partial charge in [-0.3, -0.25) is 0 Å². The van der Waals surface area contributed by atoms with Crippen molar-refractivity contribution in [1.82, 2.24) is 9.97 Å². The van der Waals surface area contributed by atoms with Gasteiger partial charge in [-0.25, -0.2) is 10.1 Å². The molecule has 2 rings (SSSR count). The molecular formula is C12H15N2O. The summed E-state index contributed by atoms with van der Waals surface area (Å²) in [5, 5.41) is 11.0. The molecular weight excluding hydrogens is 188 g/mol. The molecule has 1 heterocycles. The maximum atomic E-state index is 11.0. The van der Waals surface area contributed by atoms with Crippen LogP contribution in [0.25, 0.3) is 11.0 Å². The van der Waals surface area contributed by atoms with E-state index >= 15 is 0 Å². The second-order valence-electron chi connectivity index (χ2n) is 4.79. The monoisotopic (exact) mass is 203 g/mol. The van der Waals surface area contributed by atoms with Gasteiger partial charge in [0.25, 0.3) is 0 Å². The van der Waals surface area contributed by atoms with Crippen LogP contribution in [0.3, 0.4) is 0 Å². The summed E-state index contributed by atoms with van der Waals surface area (Å²) in [4.78, 5) is 7.76. The van der Waals surface area contributed by atoms with Gasteiger partial charge in [-0.1, -0.05) is 32.9 Å². The molecule has 0 amide bonds. The van der Waals surface area contributed by atoms with E-state index in [0.717, 1.165) is 22.4 Å². The minimum absolute atomic E-state index is 0.0147. The van der Waals surface area contributed by atoms with Crippen molar-refractivity contribution >= 4 is 11.0 Å². The van der Waals surface area contributed by atoms with Crippen molar-refractivity contribution < 1.29 is 5.11 Å². The number of benzene rings is 1. The Kier molecular flexibility index (Phi) is 2.27. The molecule has 3 nitrogen and oxygen atoms in total. The van der Waals surface area contributed by atoms with Crippen molar-refractivity contribution in [2.24, 2.45) is 0 Å². The second-order valence-corrected chi connectivity index (χ2v) is 4.79. The summed E-state index contributed by atoms with van der Waals surface area (Å²) in [6.45, 7) is 6.08. The Bertz CT molecular complexity index is 480. The van der Waals surface area contributed by atoms with E-state index in [2.05, 4.69) is 30.7 Å². The fraction of sp³-hybridized carbons (Fsp3) is 0.417. The molecule has 0 aliphatic heterocycles. The third kappa shape index (κ3) is 1.75. The summed E-state index contributed by atoms with van der Waals surface area (Å²) in [6, 6.07) is 5.68. The summed E-state index contributed by atoms with van der Waals surface area (Å²) in [5.74, 6) is 0.929. The molecule has 3 heteroatoms. The highest BCUT2D eigenvalue weighted by atomic mass is 16.3. The van der Waals surface area contributed by atoms with Crippen LogP contribution in [0.15, 0.2) is 18.2 Å². The van der Waals surface area contributed by atoms with Crippen LogP contribution in [0, 0.1) is 0 Å². The van der Waals surface area contributed by atoms with Gasteiger partial charge in [0.15, 0.2) is 0 Å². The first-order valence-electron chi connectivity index (χ1n) is 5.08. The van der Waals surface area contributed by atoms with Crippen LogP contribution in [0.2, 0.25) is 0 Å². The number of nitrogens with zero attached hydrogens (tertiary/aromatic N) is 1. The molecule has 1 N–H and O–H groups in total. The Labute approximate surface area is 89.2 Å². The highest BCUT2D eigenvalue weighted by Crippen LogP contribution is 2.24. The zero-order valence-electron chi connectivity index (χ0n) is 9.29. The van der Waals surface area contributed by atoms with Crippen LogP contribution in [-0.2, 0) is 17.1 Å². The molecule has 0 saturated heterocycles. The van der Waals surface area contributed by atoms with Crippen LogP contribution >= 0.6 is 0 Å². The number of para-hydroxylation sites is 1. The number of hydrogen-bond donors (Lipinski definition) is 1. The highest BCUT2D eigenvalue weighted by Gasteiger charge is 2.18. The molecule has 0 bridgehead atoms. The molecule has 0 spiro atoms. The van der Waals surface area contributed by atoms with E-state index in [1.807, 2.05) is 18.2 Å². The lowest BCUT2D eigenvalue weighted by Gasteiger charge is -2.13. The molecule has 0 aliphatic rings. The number of aromatic amines is 1. The second kappa shape index (κ2) is 3.35. The van der Waals surface area contributed by atoms with Gasteiger partial charge in [0, 0.05) is 11.0 Å². The fourth-order valence-electron chi connectivity index (χ4n) is 1.56. The van der Waals surface area contributed by atoms with Gasteiger partial charge in [0.05, 0.1) is 11.0 Å². The Morgan fingerprint density at radius 3 is 2.67 bits per heavy atom. The van der Waals surface area contributed by atoms with Gasteiger partial charge in [-0.15, -0.1) is 0 Å². The van der Waals surface area contributed by atoms with E-state index in [-0.39, 0.29) is 12.0 Å². The number of aromatic nitrogens is 2. The first-order valence-corrected chi connectivity index (χ1v) is 5.08. The Morgan fingerprint density at radius 2 is 2.07 bits per heavy atom. The molecule has 1 aromatic carbocycles. The molecule has 79 valence electrons. The minimum atomic E-state index is -0.216. The normalized spacial score (nSPS) is 12.3. The van der Waals surface area contributed by atoms with Gasteiger partial charge < -0.3 is 4.98 Å². The van der Waals surface area contributed by atoms with E-state index in [1.54, 1.807) is 0 Å². The van der Waals surface area contributed by atoms with Crippen LogP contribution in [0.1, 0.15) is 32.2 Å². The molecule has 1 aromatic heterocycles. The number of hydrogen-bond acceptors (Lipinski definition) is 1. The summed E-state index contributed by atoms with van der Waals surface area (Å²) >= 11 is 0.